The molecule has 0 saturated heterocycles. The summed E-state index contributed by atoms with van der Waals surface area (Å²) in [7, 11) is 0. The maximum absolute atomic E-state index is 11.6. The van der Waals surface area contributed by atoms with E-state index >= 15 is 0 Å². The average molecular weight is 426 g/mol. The molecule has 1 aromatic carbocycles. The van der Waals surface area contributed by atoms with E-state index in [-0.39, 0.29) is 18.2 Å². The molecule has 0 fully saturated rings. The molecule has 0 heterocycles. The van der Waals surface area contributed by atoms with Crippen LogP contribution in [0.25, 0.3) is 0 Å². The first-order valence-electron chi connectivity index (χ1n) is 7.20. The predicted octanol–water partition coefficient (Wildman–Crippen LogP) is 3.12. The van der Waals surface area contributed by atoms with Gasteiger partial charge in [-0.3, -0.25) is 9.59 Å². The van der Waals surface area contributed by atoms with Crippen LogP contribution in [0.2, 0.25) is 5.02 Å². The summed E-state index contributed by atoms with van der Waals surface area (Å²) in [6, 6.07) is 5.37. The number of ether oxygens (including phenoxy) is 1. The molecule has 0 aliphatic rings. The van der Waals surface area contributed by atoms with Gasteiger partial charge >= 0.3 is 0 Å². The number of rotatable bonds is 10. The number of nitrogens with one attached hydrogen (secondary N) is 2. The Bertz CT molecular complexity index is 529. The van der Waals surface area contributed by atoms with Crippen LogP contribution in [0.1, 0.15) is 19.3 Å². The Morgan fingerprint density at radius 3 is 2.39 bits per heavy atom. The monoisotopic (exact) mass is 424 g/mol. The Labute approximate surface area is 154 Å². The summed E-state index contributed by atoms with van der Waals surface area (Å²) < 4.78 is 6.41. The SMILES string of the molecule is O=C(CCCl)NCCNC(=O)CCCOc1ccc(Br)cc1Cl. The molecule has 1 aromatic rings. The van der Waals surface area contributed by atoms with Crippen molar-refractivity contribution < 1.29 is 14.3 Å². The van der Waals surface area contributed by atoms with Gasteiger partial charge in [-0.05, 0) is 24.6 Å². The lowest BCUT2D eigenvalue weighted by atomic mass is 10.3. The van der Waals surface area contributed by atoms with Crippen LogP contribution in [0.4, 0.5) is 0 Å². The van der Waals surface area contributed by atoms with Crippen molar-refractivity contribution in [1.29, 1.82) is 0 Å². The molecule has 0 radical (unpaired) electrons. The number of hydrogen-bond donors (Lipinski definition) is 2. The third-order valence-electron chi connectivity index (χ3n) is 2.79. The Morgan fingerprint density at radius 1 is 1.13 bits per heavy atom. The Balaban J connectivity index is 2.09. The third kappa shape index (κ3) is 9.03. The zero-order valence-corrected chi connectivity index (χ0v) is 15.6. The Kier molecular flexibility index (Phi) is 10.1. The highest BCUT2D eigenvalue weighted by Crippen LogP contribution is 2.27. The van der Waals surface area contributed by atoms with Crippen molar-refractivity contribution in [3.63, 3.8) is 0 Å². The van der Waals surface area contributed by atoms with Gasteiger partial charge in [0, 0.05) is 36.3 Å². The van der Waals surface area contributed by atoms with E-state index in [0.717, 1.165) is 4.47 Å². The molecule has 0 aliphatic carbocycles. The normalized spacial score (nSPS) is 10.2. The quantitative estimate of drug-likeness (QED) is 0.447. The fourth-order valence-corrected chi connectivity index (χ4v) is 2.57. The summed E-state index contributed by atoms with van der Waals surface area (Å²) >= 11 is 14.8. The van der Waals surface area contributed by atoms with Gasteiger partial charge in [0.05, 0.1) is 11.6 Å². The van der Waals surface area contributed by atoms with Crippen LogP contribution in [0, 0.1) is 0 Å². The fraction of sp³-hybridized carbons (Fsp3) is 0.467. The number of benzene rings is 1. The second-order valence-electron chi connectivity index (χ2n) is 4.67. The topological polar surface area (TPSA) is 67.4 Å². The van der Waals surface area contributed by atoms with E-state index in [4.69, 9.17) is 27.9 Å². The molecule has 0 atom stereocenters. The molecule has 0 unspecified atom stereocenters. The first-order valence-corrected chi connectivity index (χ1v) is 8.90. The van der Waals surface area contributed by atoms with Crippen molar-refractivity contribution >= 4 is 50.9 Å². The number of amides is 2. The van der Waals surface area contributed by atoms with Gasteiger partial charge in [-0.1, -0.05) is 27.5 Å². The van der Waals surface area contributed by atoms with Gasteiger partial charge in [-0.25, -0.2) is 0 Å². The van der Waals surface area contributed by atoms with Gasteiger partial charge < -0.3 is 15.4 Å². The zero-order valence-electron chi connectivity index (χ0n) is 12.5. The molecule has 0 spiro atoms. The lowest BCUT2D eigenvalue weighted by Crippen LogP contribution is -2.34. The summed E-state index contributed by atoms with van der Waals surface area (Å²) in [6.07, 6.45) is 1.21. The molecule has 0 bridgehead atoms. The highest BCUT2D eigenvalue weighted by Gasteiger charge is 2.04. The van der Waals surface area contributed by atoms with Gasteiger partial charge in [0.1, 0.15) is 5.75 Å². The van der Waals surface area contributed by atoms with Crippen molar-refractivity contribution in [3.05, 3.63) is 27.7 Å². The Morgan fingerprint density at radius 2 is 1.78 bits per heavy atom. The van der Waals surface area contributed by atoms with Crippen molar-refractivity contribution in [2.45, 2.75) is 19.3 Å². The second kappa shape index (κ2) is 11.5. The molecule has 2 N–H and O–H groups in total. The lowest BCUT2D eigenvalue weighted by molar-refractivity contribution is -0.122. The maximum Gasteiger partial charge on any atom is 0.221 e. The third-order valence-corrected chi connectivity index (χ3v) is 3.77. The van der Waals surface area contributed by atoms with Gasteiger partial charge in [-0.15, -0.1) is 11.6 Å². The molecule has 8 heteroatoms. The summed E-state index contributed by atoms with van der Waals surface area (Å²) in [5.74, 6) is 0.689. The molecule has 23 heavy (non-hydrogen) atoms. The summed E-state index contributed by atoms with van der Waals surface area (Å²) in [4.78, 5) is 22.7. The number of halogens is 3. The Hall–Kier alpha value is -0.980. The second-order valence-corrected chi connectivity index (χ2v) is 6.37. The number of alkyl halides is 1. The zero-order chi connectivity index (χ0) is 17.1. The van der Waals surface area contributed by atoms with Crippen molar-refractivity contribution in [2.75, 3.05) is 25.6 Å². The molecule has 1 rings (SSSR count). The van der Waals surface area contributed by atoms with Crippen LogP contribution in [0.5, 0.6) is 5.75 Å². The lowest BCUT2D eigenvalue weighted by Gasteiger charge is -2.09. The molecule has 128 valence electrons. The number of carbonyl (C=O) groups is 2. The van der Waals surface area contributed by atoms with Crippen molar-refractivity contribution in [1.82, 2.24) is 10.6 Å². The fourth-order valence-electron chi connectivity index (χ4n) is 1.67. The van der Waals surface area contributed by atoms with Crippen molar-refractivity contribution in [2.24, 2.45) is 0 Å². The molecular formula is C15H19BrCl2N2O3. The van der Waals surface area contributed by atoms with E-state index in [2.05, 4.69) is 26.6 Å². The van der Waals surface area contributed by atoms with Crippen LogP contribution >= 0.6 is 39.1 Å². The highest BCUT2D eigenvalue weighted by atomic mass is 79.9. The predicted molar refractivity (Wildman–Crippen MR) is 95.2 cm³/mol. The summed E-state index contributed by atoms with van der Waals surface area (Å²) in [5, 5.41) is 5.90. The van der Waals surface area contributed by atoms with E-state index in [9.17, 15) is 9.59 Å². The number of hydrogen-bond acceptors (Lipinski definition) is 3. The van der Waals surface area contributed by atoms with Crippen LogP contribution < -0.4 is 15.4 Å². The smallest absolute Gasteiger partial charge is 0.221 e. The standard InChI is InChI=1S/C15H19BrCl2N2O3/c16-11-3-4-13(12(18)10-11)23-9-1-2-14(21)19-7-8-20-15(22)5-6-17/h3-4,10H,1-2,5-9H2,(H,19,21)(H,20,22). The van der Waals surface area contributed by atoms with Gasteiger partial charge in [0.15, 0.2) is 0 Å². The molecule has 5 nitrogen and oxygen atoms in total. The van der Waals surface area contributed by atoms with E-state index in [1.165, 1.54) is 0 Å². The van der Waals surface area contributed by atoms with Crippen LogP contribution in [-0.2, 0) is 9.59 Å². The first kappa shape index (κ1) is 20.1. The van der Waals surface area contributed by atoms with E-state index in [1.54, 1.807) is 12.1 Å². The molecular weight excluding hydrogens is 407 g/mol. The van der Waals surface area contributed by atoms with Gasteiger partial charge in [-0.2, -0.15) is 0 Å². The molecule has 2 amide bonds. The molecule has 0 saturated carbocycles. The van der Waals surface area contributed by atoms with E-state index < -0.39 is 0 Å². The first-order chi connectivity index (χ1) is 11.0. The minimum absolute atomic E-state index is 0.0814. The maximum atomic E-state index is 11.6. The summed E-state index contributed by atoms with van der Waals surface area (Å²) in [6.45, 7) is 1.19. The summed E-state index contributed by atoms with van der Waals surface area (Å²) in [5.41, 5.74) is 0. The minimum atomic E-state index is -0.117. The molecule has 0 aromatic heterocycles. The number of carbonyl (C=O) groups excluding carboxylic acids is 2. The van der Waals surface area contributed by atoms with Crippen LogP contribution in [-0.4, -0.2) is 37.4 Å². The minimum Gasteiger partial charge on any atom is -0.492 e. The molecule has 0 aliphatic heterocycles. The average Bonchev–Trinajstić information content (AvgIpc) is 2.50. The van der Waals surface area contributed by atoms with Gasteiger partial charge in [0.25, 0.3) is 0 Å². The van der Waals surface area contributed by atoms with Crippen LogP contribution in [0.15, 0.2) is 22.7 Å². The highest BCUT2D eigenvalue weighted by molar-refractivity contribution is 9.10. The van der Waals surface area contributed by atoms with Crippen molar-refractivity contribution in [3.8, 4) is 5.75 Å². The van der Waals surface area contributed by atoms with E-state index in [0.29, 0.717) is 49.2 Å². The van der Waals surface area contributed by atoms with E-state index in [1.807, 2.05) is 6.07 Å². The van der Waals surface area contributed by atoms with Crippen LogP contribution in [0.3, 0.4) is 0 Å². The largest absolute Gasteiger partial charge is 0.492 e. The van der Waals surface area contributed by atoms with Gasteiger partial charge in [0.2, 0.25) is 11.8 Å².